The number of methoxy groups -OCH3 is 1. The van der Waals surface area contributed by atoms with Crippen LogP contribution >= 0.6 is 0 Å². The standard InChI is InChI=1S/C11H12N4O/c1-7-5-8(3-4-9(7)16-2)10-11(12)13-6-14-15-10/h3-6H,1-2H3,(H2,12,13,14). The second-order valence-corrected chi connectivity index (χ2v) is 3.38. The van der Waals surface area contributed by atoms with Crippen LogP contribution in [0.15, 0.2) is 24.5 Å². The molecule has 0 unspecified atom stereocenters. The molecule has 5 nitrogen and oxygen atoms in total. The van der Waals surface area contributed by atoms with Crippen molar-refractivity contribution in [2.24, 2.45) is 0 Å². The molecule has 0 aliphatic rings. The van der Waals surface area contributed by atoms with Crippen LogP contribution in [0.3, 0.4) is 0 Å². The number of rotatable bonds is 2. The lowest BCUT2D eigenvalue weighted by molar-refractivity contribution is 0.412. The maximum atomic E-state index is 5.73. The normalized spacial score (nSPS) is 10.1. The number of nitrogen functional groups attached to an aromatic ring is 1. The summed E-state index contributed by atoms with van der Waals surface area (Å²) in [5.74, 6) is 1.21. The molecule has 82 valence electrons. The Morgan fingerprint density at radius 3 is 2.75 bits per heavy atom. The Kier molecular flexibility index (Phi) is 2.68. The van der Waals surface area contributed by atoms with Crippen LogP contribution in [0.1, 0.15) is 5.56 Å². The van der Waals surface area contributed by atoms with Gasteiger partial charge in [-0.15, -0.1) is 10.2 Å². The Hall–Kier alpha value is -2.17. The van der Waals surface area contributed by atoms with Crippen molar-refractivity contribution in [2.45, 2.75) is 6.92 Å². The topological polar surface area (TPSA) is 73.9 Å². The zero-order chi connectivity index (χ0) is 11.5. The van der Waals surface area contributed by atoms with E-state index in [4.69, 9.17) is 10.5 Å². The van der Waals surface area contributed by atoms with Gasteiger partial charge in [-0.3, -0.25) is 0 Å². The third kappa shape index (κ3) is 1.79. The van der Waals surface area contributed by atoms with Crippen LogP contribution in [0.5, 0.6) is 5.75 Å². The van der Waals surface area contributed by atoms with E-state index in [1.54, 1.807) is 7.11 Å². The Balaban J connectivity index is 2.50. The van der Waals surface area contributed by atoms with Crippen LogP contribution in [0.25, 0.3) is 11.3 Å². The molecule has 0 aliphatic carbocycles. The van der Waals surface area contributed by atoms with Crippen LogP contribution in [0.2, 0.25) is 0 Å². The highest BCUT2D eigenvalue weighted by Crippen LogP contribution is 2.26. The minimum absolute atomic E-state index is 0.375. The van der Waals surface area contributed by atoms with Gasteiger partial charge in [0.05, 0.1) is 7.11 Å². The van der Waals surface area contributed by atoms with E-state index in [-0.39, 0.29) is 0 Å². The van der Waals surface area contributed by atoms with E-state index in [2.05, 4.69) is 15.2 Å². The number of hydrogen-bond acceptors (Lipinski definition) is 5. The Morgan fingerprint density at radius 2 is 2.12 bits per heavy atom. The second-order valence-electron chi connectivity index (χ2n) is 3.38. The number of nitrogens with two attached hydrogens (primary N) is 1. The van der Waals surface area contributed by atoms with Gasteiger partial charge < -0.3 is 10.5 Å². The summed E-state index contributed by atoms with van der Waals surface area (Å²) in [5, 5.41) is 7.69. The van der Waals surface area contributed by atoms with Crippen molar-refractivity contribution >= 4 is 5.82 Å². The number of aryl methyl sites for hydroxylation is 1. The van der Waals surface area contributed by atoms with E-state index in [9.17, 15) is 0 Å². The number of benzene rings is 1. The first-order chi connectivity index (χ1) is 7.72. The molecule has 0 amide bonds. The third-order valence-electron chi connectivity index (χ3n) is 2.32. The lowest BCUT2D eigenvalue weighted by Crippen LogP contribution is -1.99. The minimum atomic E-state index is 0.375. The zero-order valence-electron chi connectivity index (χ0n) is 9.14. The number of nitrogens with zero attached hydrogens (tertiary/aromatic N) is 3. The van der Waals surface area contributed by atoms with Crippen molar-refractivity contribution in [3.63, 3.8) is 0 Å². The highest BCUT2D eigenvalue weighted by molar-refractivity contribution is 5.70. The van der Waals surface area contributed by atoms with Crippen LogP contribution < -0.4 is 10.5 Å². The van der Waals surface area contributed by atoms with Crippen molar-refractivity contribution in [1.29, 1.82) is 0 Å². The predicted molar refractivity (Wildman–Crippen MR) is 61.0 cm³/mol. The summed E-state index contributed by atoms with van der Waals surface area (Å²) in [6, 6.07) is 5.70. The first kappa shape index (κ1) is 10.4. The number of ether oxygens (including phenoxy) is 1. The van der Waals surface area contributed by atoms with E-state index < -0.39 is 0 Å². The summed E-state index contributed by atoms with van der Waals surface area (Å²) in [7, 11) is 1.64. The molecule has 0 atom stereocenters. The fourth-order valence-electron chi connectivity index (χ4n) is 1.52. The molecule has 16 heavy (non-hydrogen) atoms. The van der Waals surface area contributed by atoms with Gasteiger partial charge in [-0.1, -0.05) is 0 Å². The first-order valence-corrected chi connectivity index (χ1v) is 4.80. The summed E-state index contributed by atoms with van der Waals surface area (Å²) < 4.78 is 5.18. The van der Waals surface area contributed by atoms with Gasteiger partial charge in [0.1, 0.15) is 17.8 Å². The highest BCUT2D eigenvalue weighted by Gasteiger charge is 2.07. The van der Waals surface area contributed by atoms with E-state index in [0.29, 0.717) is 11.5 Å². The molecule has 1 aromatic carbocycles. The number of anilines is 1. The SMILES string of the molecule is COc1ccc(-c2nncnc2N)cc1C. The molecular weight excluding hydrogens is 204 g/mol. The molecule has 0 aliphatic heterocycles. The van der Waals surface area contributed by atoms with Crippen molar-refractivity contribution < 1.29 is 4.74 Å². The number of hydrogen-bond donors (Lipinski definition) is 1. The molecule has 0 saturated carbocycles. The summed E-state index contributed by atoms with van der Waals surface area (Å²) in [6.07, 6.45) is 1.33. The quantitative estimate of drug-likeness (QED) is 0.822. The lowest BCUT2D eigenvalue weighted by Gasteiger charge is -2.07. The van der Waals surface area contributed by atoms with Gasteiger partial charge in [-0.05, 0) is 30.7 Å². The van der Waals surface area contributed by atoms with Gasteiger partial charge in [0.15, 0.2) is 5.82 Å². The number of aromatic nitrogens is 3. The largest absolute Gasteiger partial charge is 0.496 e. The molecule has 0 fully saturated rings. The fraction of sp³-hybridized carbons (Fsp3) is 0.182. The summed E-state index contributed by atoms with van der Waals surface area (Å²) >= 11 is 0. The summed E-state index contributed by atoms with van der Waals surface area (Å²) in [5.41, 5.74) is 8.22. The summed E-state index contributed by atoms with van der Waals surface area (Å²) in [6.45, 7) is 1.96. The zero-order valence-corrected chi connectivity index (χ0v) is 9.14. The Bertz CT molecular complexity index is 513. The molecule has 0 saturated heterocycles. The molecule has 1 heterocycles. The molecular formula is C11H12N4O. The summed E-state index contributed by atoms with van der Waals surface area (Å²) in [4.78, 5) is 3.90. The molecule has 2 aromatic rings. The maximum absolute atomic E-state index is 5.73. The molecule has 2 rings (SSSR count). The molecule has 0 radical (unpaired) electrons. The monoisotopic (exact) mass is 216 g/mol. The molecule has 0 bridgehead atoms. The van der Waals surface area contributed by atoms with E-state index in [1.807, 2.05) is 25.1 Å². The van der Waals surface area contributed by atoms with Gasteiger partial charge in [0, 0.05) is 5.56 Å². The smallest absolute Gasteiger partial charge is 0.153 e. The van der Waals surface area contributed by atoms with Crippen molar-refractivity contribution in [2.75, 3.05) is 12.8 Å². The second kappa shape index (κ2) is 4.14. The van der Waals surface area contributed by atoms with Crippen molar-refractivity contribution in [3.05, 3.63) is 30.1 Å². The molecule has 1 aromatic heterocycles. The van der Waals surface area contributed by atoms with Gasteiger partial charge >= 0.3 is 0 Å². The van der Waals surface area contributed by atoms with E-state index in [0.717, 1.165) is 16.9 Å². The van der Waals surface area contributed by atoms with Gasteiger partial charge in [-0.2, -0.15) is 0 Å². The van der Waals surface area contributed by atoms with Crippen LogP contribution in [-0.4, -0.2) is 22.3 Å². The molecule has 5 heteroatoms. The fourth-order valence-corrected chi connectivity index (χ4v) is 1.52. The lowest BCUT2D eigenvalue weighted by atomic mass is 10.1. The van der Waals surface area contributed by atoms with E-state index in [1.165, 1.54) is 6.33 Å². The van der Waals surface area contributed by atoms with Crippen LogP contribution in [0, 0.1) is 6.92 Å². The Morgan fingerprint density at radius 1 is 1.31 bits per heavy atom. The van der Waals surface area contributed by atoms with E-state index >= 15 is 0 Å². The van der Waals surface area contributed by atoms with Crippen LogP contribution in [0.4, 0.5) is 5.82 Å². The average molecular weight is 216 g/mol. The van der Waals surface area contributed by atoms with Gasteiger partial charge in [0.25, 0.3) is 0 Å². The average Bonchev–Trinajstić information content (AvgIpc) is 2.29. The Labute approximate surface area is 93.3 Å². The maximum Gasteiger partial charge on any atom is 0.153 e. The first-order valence-electron chi connectivity index (χ1n) is 4.80. The minimum Gasteiger partial charge on any atom is -0.496 e. The van der Waals surface area contributed by atoms with Crippen molar-refractivity contribution in [3.8, 4) is 17.0 Å². The highest BCUT2D eigenvalue weighted by atomic mass is 16.5. The van der Waals surface area contributed by atoms with Gasteiger partial charge in [-0.25, -0.2) is 4.98 Å². The van der Waals surface area contributed by atoms with Crippen molar-refractivity contribution in [1.82, 2.24) is 15.2 Å². The predicted octanol–water partition coefficient (Wildman–Crippen LogP) is 1.44. The molecule has 2 N–H and O–H groups in total. The molecule has 0 spiro atoms. The van der Waals surface area contributed by atoms with Crippen LogP contribution in [-0.2, 0) is 0 Å². The van der Waals surface area contributed by atoms with Gasteiger partial charge in [0.2, 0.25) is 0 Å². The third-order valence-corrected chi connectivity index (χ3v) is 2.32.